The number of H-pyrrole nitrogens is 1. The lowest BCUT2D eigenvalue weighted by atomic mass is 10.0. The third-order valence-electron chi connectivity index (χ3n) is 7.73. The van der Waals surface area contributed by atoms with E-state index in [1.165, 1.54) is 36.0 Å². The first-order chi connectivity index (χ1) is 19.6. The Labute approximate surface area is 240 Å². The van der Waals surface area contributed by atoms with Gasteiger partial charge in [0.1, 0.15) is 24.6 Å². The predicted octanol–water partition coefficient (Wildman–Crippen LogP) is 5.97. The van der Waals surface area contributed by atoms with Crippen molar-refractivity contribution >= 4 is 11.8 Å². The number of likely N-dealkylation sites (tertiary alicyclic amines) is 1. The van der Waals surface area contributed by atoms with Crippen LogP contribution in [0.2, 0.25) is 0 Å². The van der Waals surface area contributed by atoms with E-state index >= 15 is 0 Å². The molecule has 1 aromatic heterocycles. The predicted molar refractivity (Wildman–Crippen MR) is 145 cm³/mol. The molecule has 0 radical (unpaired) electrons. The largest absolute Gasteiger partial charge is 0.632 e. The number of halogens is 4. The van der Waals surface area contributed by atoms with Gasteiger partial charge in [-0.15, -0.1) is 16.9 Å². The molecule has 0 spiro atoms. The van der Waals surface area contributed by atoms with Gasteiger partial charge in [-0.1, -0.05) is 5.21 Å². The number of nitrogens with one attached hydrogen (secondary N) is 1. The van der Waals surface area contributed by atoms with Crippen LogP contribution >= 0.6 is 11.8 Å². The molecule has 8 nitrogen and oxygen atoms in total. The van der Waals surface area contributed by atoms with Crippen molar-refractivity contribution in [2.24, 2.45) is 0 Å². The molecule has 41 heavy (non-hydrogen) atoms. The van der Waals surface area contributed by atoms with Crippen LogP contribution in [-0.2, 0) is 28.7 Å². The number of aromatic amines is 1. The van der Waals surface area contributed by atoms with Crippen molar-refractivity contribution in [2.45, 2.75) is 62.4 Å². The smallest absolute Gasteiger partial charge is 0.416 e. The molecular formula is C28H33F4N5O3S. The second-order valence-electron chi connectivity index (χ2n) is 10.6. The van der Waals surface area contributed by atoms with Crippen LogP contribution in [0, 0.1) is 11.0 Å². The van der Waals surface area contributed by atoms with E-state index in [4.69, 9.17) is 9.47 Å². The number of morpholine rings is 1. The topological polar surface area (TPSA) is 86.3 Å². The third kappa shape index (κ3) is 6.92. The SMILES string of the molecule is CSc1cc([C@@H](C)O[C@H]2OCC[N+]([O-])(Cc3nn[nH]c3CN3CCCC3)[C@H]2c2ccc(F)cc2)cc(C(F)(F)F)c1. The zero-order valence-electron chi connectivity index (χ0n) is 22.9. The van der Waals surface area contributed by atoms with Crippen LogP contribution < -0.4 is 0 Å². The fourth-order valence-corrected chi connectivity index (χ4v) is 6.01. The summed E-state index contributed by atoms with van der Waals surface area (Å²) in [6.07, 6.45) is -2.54. The molecule has 0 aliphatic carbocycles. The van der Waals surface area contributed by atoms with Crippen LogP contribution in [-0.4, -0.2) is 63.7 Å². The summed E-state index contributed by atoms with van der Waals surface area (Å²) in [6, 6.07) is 8.40. The lowest BCUT2D eigenvalue weighted by Gasteiger charge is -2.53. The normalized spacial score (nSPS) is 24.6. The van der Waals surface area contributed by atoms with Crippen LogP contribution in [0.3, 0.4) is 0 Å². The number of ether oxygens (including phenoxy) is 2. The zero-order valence-corrected chi connectivity index (χ0v) is 23.7. The lowest BCUT2D eigenvalue weighted by Crippen LogP contribution is -2.56. The molecule has 5 rings (SSSR count). The number of nitrogens with zero attached hydrogens (tertiary/aromatic N) is 4. The van der Waals surface area contributed by atoms with Gasteiger partial charge in [0.05, 0.1) is 24.0 Å². The van der Waals surface area contributed by atoms with Crippen LogP contribution in [0.5, 0.6) is 0 Å². The standard InChI is InChI=1S/C28H33F4N5O3S/c1-18(20-13-21(28(30,31)32)15-23(14-20)41-2)40-27-26(19-5-7-22(29)8-6-19)37(38,11-12-39-27)17-25-24(33-35-34-25)16-36-9-3-4-10-36/h5-8,13-15,18,26-27H,3-4,9-12,16-17H2,1-2H3,(H,33,34,35)/t18-,26+,27-,37?/m1/s1. The summed E-state index contributed by atoms with van der Waals surface area (Å²) in [6.45, 7) is 4.27. The van der Waals surface area contributed by atoms with E-state index < -0.39 is 40.6 Å². The first-order valence-electron chi connectivity index (χ1n) is 13.5. The van der Waals surface area contributed by atoms with E-state index in [0.717, 1.165) is 43.8 Å². The van der Waals surface area contributed by atoms with Gasteiger partial charge < -0.3 is 19.3 Å². The monoisotopic (exact) mass is 595 g/mol. The van der Waals surface area contributed by atoms with Crippen molar-refractivity contribution in [3.8, 4) is 0 Å². The zero-order chi connectivity index (χ0) is 29.2. The molecule has 2 aromatic carbocycles. The summed E-state index contributed by atoms with van der Waals surface area (Å²) in [7, 11) is 0. The molecule has 2 aliphatic rings. The van der Waals surface area contributed by atoms with Gasteiger partial charge in [-0.25, -0.2) is 4.39 Å². The van der Waals surface area contributed by atoms with Gasteiger partial charge in [0, 0.05) is 17.0 Å². The van der Waals surface area contributed by atoms with Gasteiger partial charge >= 0.3 is 6.18 Å². The highest BCUT2D eigenvalue weighted by Gasteiger charge is 2.44. The molecule has 2 saturated heterocycles. The highest BCUT2D eigenvalue weighted by Crippen LogP contribution is 2.41. The fourth-order valence-electron chi connectivity index (χ4n) is 5.52. The summed E-state index contributed by atoms with van der Waals surface area (Å²) in [5.41, 5.74) is 1.33. The number of benzene rings is 2. The number of aromatic nitrogens is 3. The Morgan fingerprint density at radius 3 is 2.61 bits per heavy atom. The van der Waals surface area contributed by atoms with E-state index in [2.05, 4.69) is 20.3 Å². The van der Waals surface area contributed by atoms with Crippen molar-refractivity contribution in [3.05, 3.63) is 81.6 Å². The Kier molecular flexibility index (Phi) is 9.02. The summed E-state index contributed by atoms with van der Waals surface area (Å²) < 4.78 is 66.1. The Hall–Kier alpha value is -2.55. The molecule has 0 bridgehead atoms. The average molecular weight is 596 g/mol. The van der Waals surface area contributed by atoms with Gasteiger partial charge in [-0.05, 0) is 87.1 Å². The number of hydrogen-bond donors (Lipinski definition) is 1. The molecule has 1 N–H and O–H groups in total. The number of hydrogen-bond acceptors (Lipinski definition) is 7. The molecular weight excluding hydrogens is 562 g/mol. The average Bonchev–Trinajstić information content (AvgIpc) is 3.61. The summed E-state index contributed by atoms with van der Waals surface area (Å²) >= 11 is 1.20. The maximum absolute atomic E-state index is 14.6. The maximum Gasteiger partial charge on any atom is 0.416 e. The Bertz CT molecular complexity index is 1320. The molecule has 3 aromatic rings. The highest BCUT2D eigenvalue weighted by molar-refractivity contribution is 7.98. The molecule has 3 heterocycles. The Morgan fingerprint density at radius 2 is 1.93 bits per heavy atom. The van der Waals surface area contributed by atoms with Gasteiger partial charge in [-0.3, -0.25) is 10.00 Å². The molecule has 1 unspecified atom stereocenters. The molecule has 2 fully saturated rings. The van der Waals surface area contributed by atoms with Crippen LogP contribution in [0.25, 0.3) is 0 Å². The van der Waals surface area contributed by atoms with Crippen LogP contribution in [0.4, 0.5) is 17.6 Å². The molecule has 4 atom stereocenters. The maximum atomic E-state index is 14.6. The number of alkyl halides is 3. The van der Waals surface area contributed by atoms with E-state index in [-0.39, 0.29) is 19.7 Å². The first kappa shape index (κ1) is 29.9. The van der Waals surface area contributed by atoms with Crippen molar-refractivity contribution in [1.29, 1.82) is 0 Å². The summed E-state index contributed by atoms with van der Waals surface area (Å²) in [4.78, 5) is 2.71. The summed E-state index contributed by atoms with van der Waals surface area (Å²) in [5, 5.41) is 25.8. The molecule has 0 amide bonds. The lowest BCUT2D eigenvalue weighted by molar-refractivity contribution is -0.941. The number of quaternary nitrogens is 1. The first-order valence-corrected chi connectivity index (χ1v) is 14.8. The quantitative estimate of drug-likeness (QED) is 0.141. The van der Waals surface area contributed by atoms with Gasteiger partial charge in [-0.2, -0.15) is 13.2 Å². The Balaban J connectivity index is 1.45. The fraction of sp³-hybridized carbons (Fsp3) is 0.500. The van der Waals surface area contributed by atoms with E-state index in [0.29, 0.717) is 28.3 Å². The minimum Gasteiger partial charge on any atom is -0.632 e. The van der Waals surface area contributed by atoms with E-state index in [1.54, 1.807) is 19.2 Å². The minimum absolute atomic E-state index is 0.0283. The van der Waals surface area contributed by atoms with E-state index in [9.17, 15) is 22.8 Å². The minimum atomic E-state index is -4.52. The molecule has 2 aliphatic heterocycles. The number of hydroxylamine groups is 3. The van der Waals surface area contributed by atoms with Gasteiger partial charge in [0.25, 0.3) is 0 Å². The van der Waals surface area contributed by atoms with Crippen LogP contribution in [0.15, 0.2) is 47.4 Å². The number of thioether (sulfide) groups is 1. The van der Waals surface area contributed by atoms with Crippen molar-refractivity contribution < 1.29 is 31.7 Å². The third-order valence-corrected chi connectivity index (χ3v) is 8.44. The number of rotatable bonds is 9. The molecule has 222 valence electrons. The van der Waals surface area contributed by atoms with Crippen molar-refractivity contribution in [1.82, 2.24) is 20.3 Å². The Morgan fingerprint density at radius 1 is 1.20 bits per heavy atom. The van der Waals surface area contributed by atoms with Gasteiger partial charge in [0.15, 0.2) is 6.04 Å². The summed E-state index contributed by atoms with van der Waals surface area (Å²) in [5.74, 6) is -0.460. The molecule has 0 saturated carbocycles. The highest BCUT2D eigenvalue weighted by atomic mass is 32.2. The second kappa shape index (κ2) is 12.4. The molecule has 13 heteroatoms. The van der Waals surface area contributed by atoms with Crippen molar-refractivity contribution in [3.63, 3.8) is 0 Å². The van der Waals surface area contributed by atoms with E-state index in [1.807, 2.05) is 0 Å². The van der Waals surface area contributed by atoms with Gasteiger partial charge in [0.2, 0.25) is 6.29 Å². The van der Waals surface area contributed by atoms with Crippen LogP contribution in [0.1, 0.15) is 60.0 Å². The second-order valence-corrected chi connectivity index (χ2v) is 11.4. The van der Waals surface area contributed by atoms with Crippen molar-refractivity contribution in [2.75, 3.05) is 32.5 Å².